The van der Waals surface area contributed by atoms with Gasteiger partial charge in [-0.25, -0.2) is 0 Å². The number of phenolic OH excluding ortho intramolecular Hbond substituents is 5. The minimum atomic E-state index is -0.998. The lowest BCUT2D eigenvalue weighted by Gasteiger charge is -2.22. The van der Waals surface area contributed by atoms with Crippen molar-refractivity contribution in [3.8, 4) is 62.1 Å². The highest BCUT2D eigenvalue weighted by atomic mass is 16.4. The summed E-state index contributed by atoms with van der Waals surface area (Å²) in [6.45, 7) is 0. The smallest absolute Gasteiger partial charge is 0.208 e. The van der Waals surface area contributed by atoms with Crippen molar-refractivity contribution in [3.63, 3.8) is 0 Å². The fourth-order valence-electron chi connectivity index (χ4n) is 8.30. The SMILES string of the molecule is Oc1c(O)c(O)c(-c2c3ccccc3c(-c3cc(-c4cccc5oc6ccc7ccccc7c6c45)cc4c3C=CC=CC4)c3ccccc23)c(O)c1O. The third kappa shape index (κ3) is 4.39. The van der Waals surface area contributed by atoms with Crippen molar-refractivity contribution in [2.75, 3.05) is 0 Å². The van der Waals surface area contributed by atoms with Gasteiger partial charge in [0.2, 0.25) is 17.2 Å². The van der Waals surface area contributed by atoms with Crippen LogP contribution in [0.5, 0.6) is 28.7 Å². The Morgan fingerprint density at radius 3 is 1.75 bits per heavy atom. The number of fused-ring (bicyclic) bond motifs is 8. The first-order chi connectivity index (χ1) is 25.9. The number of phenols is 5. The van der Waals surface area contributed by atoms with Gasteiger partial charge >= 0.3 is 0 Å². The van der Waals surface area contributed by atoms with Crippen LogP contribution in [0.15, 0.2) is 138 Å². The number of hydrogen-bond donors (Lipinski definition) is 5. The van der Waals surface area contributed by atoms with Gasteiger partial charge in [0.1, 0.15) is 11.2 Å². The molecular weight excluding hydrogens is 661 g/mol. The predicted octanol–water partition coefficient (Wildman–Crippen LogP) is 11.7. The summed E-state index contributed by atoms with van der Waals surface area (Å²) in [5.74, 6) is -4.31. The van der Waals surface area contributed by atoms with Crippen LogP contribution in [0.25, 0.3) is 93.7 Å². The lowest BCUT2D eigenvalue weighted by molar-refractivity contribution is 0.330. The molecule has 6 heteroatoms. The van der Waals surface area contributed by atoms with Gasteiger partial charge in [-0.1, -0.05) is 121 Å². The lowest BCUT2D eigenvalue weighted by atomic mass is 9.82. The zero-order chi connectivity index (χ0) is 36.0. The van der Waals surface area contributed by atoms with Crippen LogP contribution in [0, 0.1) is 0 Å². The maximum Gasteiger partial charge on any atom is 0.208 e. The first-order valence-corrected chi connectivity index (χ1v) is 17.4. The third-order valence-corrected chi connectivity index (χ3v) is 10.6. The first-order valence-electron chi connectivity index (χ1n) is 17.4. The van der Waals surface area contributed by atoms with E-state index in [0.717, 1.165) is 83.3 Å². The number of benzene rings is 8. The van der Waals surface area contributed by atoms with Crippen LogP contribution in [0.2, 0.25) is 0 Å². The van der Waals surface area contributed by atoms with Gasteiger partial charge < -0.3 is 29.9 Å². The molecule has 0 aliphatic heterocycles. The van der Waals surface area contributed by atoms with Crippen molar-refractivity contribution in [2.45, 2.75) is 6.42 Å². The largest absolute Gasteiger partial charge is 0.504 e. The standard InChI is InChI=1S/C47H30O6/c48-43-42(44(49)46(51)47(52)45(43)50)39-33-17-8-6-15-31(33)38(32-16-7-9-18-34(32)39)35-24-27(23-26-12-2-1-3-13-28(26)35)30-19-10-20-36-41(30)40-29-14-5-4-11-25(29)21-22-37(40)53-36/h1-11,13-24,48-52H,12H2. The van der Waals surface area contributed by atoms with Crippen molar-refractivity contribution >= 4 is 60.3 Å². The topological polar surface area (TPSA) is 114 Å². The summed E-state index contributed by atoms with van der Waals surface area (Å²) in [7, 11) is 0. The Labute approximate surface area is 302 Å². The average Bonchev–Trinajstić information content (AvgIpc) is 3.42. The molecule has 0 saturated carbocycles. The molecule has 5 N–H and O–H groups in total. The zero-order valence-electron chi connectivity index (χ0n) is 28.1. The maximum atomic E-state index is 11.2. The molecule has 53 heavy (non-hydrogen) atoms. The Morgan fingerprint density at radius 2 is 1.06 bits per heavy atom. The molecule has 0 spiro atoms. The van der Waals surface area contributed by atoms with Crippen molar-refractivity contribution in [3.05, 3.63) is 145 Å². The minimum absolute atomic E-state index is 0.181. The second-order valence-corrected chi connectivity index (χ2v) is 13.5. The second-order valence-electron chi connectivity index (χ2n) is 13.5. The summed E-state index contributed by atoms with van der Waals surface area (Å²) >= 11 is 0. The highest BCUT2D eigenvalue weighted by molar-refractivity contribution is 6.25. The van der Waals surface area contributed by atoms with Crippen molar-refractivity contribution in [2.24, 2.45) is 0 Å². The maximum absolute atomic E-state index is 11.2. The van der Waals surface area contributed by atoms with Crippen LogP contribution in [0.1, 0.15) is 11.1 Å². The molecule has 1 heterocycles. The Hall–Kier alpha value is -7.18. The van der Waals surface area contributed by atoms with Crippen LogP contribution >= 0.6 is 0 Å². The van der Waals surface area contributed by atoms with Crippen molar-refractivity contribution in [1.29, 1.82) is 0 Å². The molecule has 0 amide bonds. The van der Waals surface area contributed by atoms with Crippen molar-refractivity contribution in [1.82, 2.24) is 0 Å². The van der Waals surface area contributed by atoms with E-state index in [2.05, 4.69) is 66.8 Å². The first kappa shape index (κ1) is 30.6. The molecule has 6 nitrogen and oxygen atoms in total. The Kier molecular flexibility index (Phi) is 6.60. The van der Waals surface area contributed by atoms with Gasteiger partial charge in [0.25, 0.3) is 0 Å². The molecule has 8 aromatic carbocycles. The quantitative estimate of drug-likeness (QED) is 0.0716. The Bertz CT molecular complexity index is 3000. The summed E-state index contributed by atoms with van der Waals surface area (Å²) in [5, 5.41) is 61.3. The van der Waals surface area contributed by atoms with Crippen LogP contribution in [-0.2, 0) is 6.42 Å². The fraction of sp³-hybridized carbons (Fsp3) is 0.0213. The molecule has 10 rings (SSSR count). The van der Waals surface area contributed by atoms with Crippen LogP contribution in [-0.4, -0.2) is 25.5 Å². The predicted molar refractivity (Wildman–Crippen MR) is 213 cm³/mol. The van der Waals surface area contributed by atoms with Crippen LogP contribution in [0.4, 0.5) is 0 Å². The molecule has 1 aliphatic carbocycles. The van der Waals surface area contributed by atoms with Gasteiger partial charge in [0.05, 0.1) is 5.56 Å². The van der Waals surface area contributed by atoms with Crippen molar-refractivity contribution < 1.29 is 29.9 Å². The van der Waals surface area contributed by atoms with E-state index in [9.17, 15) is 25.5 Å². The summed E-state index contributed by atoms with van der Waals surface area (Å²) in [6.07, 6.45) is 9.14. The van der Waals surface area contributed by atoms with Crippen LogP contribution < -0.4 is 0 Å². The normalized spacial score (nSPS) is 12.7. The fourth-order valence-corrected chi connectivity index (χ4v) is 8.30. The number of rotatable bonds is 3. The molecule has 1 aromatic heterocycles. The highest BCUT2D eigenvalue weighted by Crippen LogP contribution is 2.58. The summed E-state index contributed by atoms with van der Waals surface area (Å²) in [4.78, 5) is 0. The summed E-state index contributed by atoms with van der Waals surface area (Å²) in [5.41, 5.74) is 8.11. The van der Waals surface area contributed by atoms with Gasteiger partial charge in [-0.3, -0.25) is 0 Å². The summed E-state index contributed by atoms with van der Waals surface area (Å²) in [6, 6.07) is 38.7. The molecule has 0 bridgehead atoms. The van der Waals surface area contributed by atoms with E-state index in [1.807, 2.05) is 72.8 Å². The van der Waals surface area contributed by atoms with Gasteiger partial charge in [0.15, 0.2) is 11.5 Å². The molecule has 0 radical (unpaired) electrons. The van der Waals surface area contributed by atoms with Gasteiger partial charge in [-0.15, -0.1) is 0 Å². The zero-order valence-corrected chi connectivity index (χ0v) is 28.1. The Morgan fingerprint density at radius 1 is 0.453 bits per heavy atom. The number of furan rings is 1. The molecule has 254 valence electrons. The monoisotopic (exact) mass is 690 g/mol. The molecule has 1 aliphatic rings. The average molecular weight is 691 g/mol. The molecular formula is C47H30O6. The van der Waals surface area contributed by atoms with E-state index >= 15 is 0 Å². The number of aromatic hydroxyl groups is 5. The number of allylic oxidation sites excluding steroid dienone is 3. The van der Waals surface area contributed by atoms with Gasteiger partial charge in [-0.05, 0) is 90.3 Å². The molecule has 0 fully saturated rings. The van der Waals surface area contributed by atoms with Gasteiger partial charge in [-0.2, -0.15) is 0 Å². The van der Waals surface area contributed by atoms with Gasteiger partial charge in [0, 0.05) is 16.3 Å². The third-order valence-electron chi connectivity index (χ3n) is 10.6. The molecule has 9 aromatic rings. The van der Waals surface area contributed by atoms with Crippen LogP contribution in [0.3, 0.4) is 0 Å². The molecule has 0 unspecified atom stereocenters. The van der Waals surface area contributed by atoms with E-state index in [1.165, 1.54) is 0 Å². The van der Waals surface area contributed by atoms with E-state index in [0.29, 0.717) is 16.3 Å². The van der Waals surface area contributed by atoms with E-state index < -0.39 is 28.7 Å². The Balaban J connectivity index is 1.34. The van der Waals surface area contributed by atoms with E-state index in [4.69, 9.17) is 4.42 Å². The summed E-state index contributed by atoms with van der Waals surface area (Å²) < 4.78 is 6.47. The second kappa shape index (κ2) is 11.4. The number of hydrogen-bond acceptors (Lipinski definition) is 6. The van der Waals surface area contributed by atoms with E-state index in [-0.39, 0.29) is 5.56 Å². The molecule has 0 atom stereocenters. The van der Waals surface area contributed by atoms with E-state index in [1.54, 1.807) is 0 Å². The highest BCUT2D eigenvalue weighted by Gasteiger charge is 2.29. The lowest BCUT2D eigenvalue weighted by Crippen LogP contribution is -1.97. The molecule has 0 saturated heterocycles. The minimum Gasteiger partial charge on any atom is -0.504 e.